The number of carbonyl (C=O) groups is 1. The molecule has 1 aliphatic heterocycles. The first-order chi connectivity index (χ1) is 9.95. The van der Waals surface area contributed by atoms with Gasteiger partial charge < -0.3 is 15.0 Å². The summed E-state index contributed by atoms with van der Waals surface area (Å²) in [5.74, 6) is -3.02. The first kappa shape index (κ1) is 15.6. The number of alkyl halides is 2. The molecule has 0 aromatic carbocycles. The number of ether oxygens (including phenoxy) is 1. The van der Waals surface area contributed by atoms with Crippen LogP contribution in [0, 0.1) is 0 Å². The molecular weight excluding hydrogens is 280 g/mol. The average Bonchev–Trinajstić information content (AvgIpc) is 2.79. The molecule has 1 aromatic heterocycles. The van der Waals surface area contributed by atoms with Crippen molar-refractivity contribution in [1.29, 1.82) is 0 Å². The van der Waals surface area contributed by atoms with Gasteiger partial charge in [-0.2, -0.15) is 0 Å². The van der Waals surface area contributed by atoms with E-state index in [1.54, 1.807) is 19.4 Å². The summed E-state index contributed by atoms with van der Waals surface area (Å²) in [6.07, 6.45) is 3.96. The molecule has 0 saturated carbocycles. The zero-order valence-corrected chi connectivity index (χ0v) is 12.1. The number of carbonyl (C=O) groups excluding carboxylic acids is 1. The van der Waals surface area contributed by atoms with Crippen molar-refractivity contribution < 1.29 is 18.3 Å². The van der Waals surface area contributed by atoms with Crippen LogP contribution in [0.5, 0.6) is 0 Å². The van der Waals surface area contributed by atoms with Gasteiger partial charge in [-0.05, 0) is 24.1 Å². The van der Waals surface area contributed by atoms with E-state index in [-0.39, 0.29) is 12.6 Å². The van der Waals surface area contributed by atoms with Gasteiger partial charge in [0.05, 0.1) is 12.6 Å². The molecule has 21 heavy (non-hydrogen) atoms. The monoisotopic (exact) mass is 299 g/mol. The molecule has 2 rings (SSSR count). The molecule has 0 aliphatic carbocycles. The van der Waals surface area contributed by atoms with Crippen LogP contribution in [0.3, 0.4) is 0 Å². The lowest BCUT2D eigenvalue weighted by molar-refractivity contribution is -0.0224. The van der Waals surface area contributed by atoms with Crippen molar-refractivity contribution in [2.24, 2.45) is 0 Å². The molecule has 7 heteroatoms. The van der Waals surface area contributed by atoms with Crippen LogP contribution in [0.25, 0.3) is 0 Å². The second kappa shape index (κ2) is 6.34. The second-order valence-corrected chi connectivity index (χ2v) is 5.09. The number of rotatable bonds is 4. The molecule has 5 nitrogen and oxygen atoms in total. The van der Waals surface area contributed by atoms with Crippen LogP contribution in [-0.4, -0.2) is 48.1 Å². The lowest BCUT2D eigenvalue weighted by atomic mass is 10.1. The lowest BCUT2D eigenvalue weighted by Crippen LogP contribution is -2.51. The molecule has 0 radical (unpaired) electrons. The summed E-state index contributed by atoms with van der Waals surface area (Å²) in [7, 11) is 1.60. The maximum atomic E-state index is 13.5. The molecule has 1 fully saturated rings. The van der Waals surface area contributed by atoms with Crippen molar-refractivity contribution in [3.63, 3.8) is 0 Å². The Bertz CT molecular complexity index is 484. The van der Waals surface area contributed by atoms with E-state index in [1.165, 1.54) is 4.90 Å². The zero-order valence-electron chi connectivity index (χ0n) is 12.1. The molecule has 2 heterocycles. The first-order valence-electron chi connectivity index (χ1n) is 6.84. The fraction of sp³-hybridized carbons (Fsp3) is 0.571. The van der Waals surface area contributed by atoms with Gasteiger partial charge in [-0.25, -0.2) is 13.6 Å². The minimum atomic E-state index is -3.02. The largest absolute Gasteiger partial charge is 0.373 e. The highest BCUT2D eigenvalue weighted by Crippen LogP contribution is 2.27. The Kier molecular flexibility index (Phi) is 4.72. The number of amides is 2. The predicted octanol–water partition coefficient (Wildman–Crippen LogP) is 2.21. The third kappa shape index (κ3) is 3.47. The first-order valence-corrected chi connectivity index (χ1v) is 6.84. The number of hydrogen-bond donors (Lipinski definition) is 1. The zero-order chi connectivity index (χ0) is 15.5. The third-order valence-electron chi connectivity index (χ3n) is 3.65. The van der Waals surface area contributed by atoms with Crippen LogP contribution in [0.1, 0.15) is 24.9 Å². The molecule has 2 atom stereocenters. The van der Waals surface area contributed by atoms with E-state index in [4.69, 9.17) is 4.74 Å². The summed E-state index contributed by atoms with van der Waals surface area (Å²) in [6, 6.07) is 1.62. The molecule has 0 spiro atoms. The molecule has 116 valence electrons. The van der Waals surface area contributed by atoms with Gasteiger partial charge in [-0.3, -0.25) is 4.98 Å². The number of halogens is 2. The summed E-state index contributed by atoms with van der Waals surface area (Å²) in [5.41, 5.74) is 0.916. The standard InChI is InChI=1S/C14H19F2N3O2/c1-3-11(10-4-6-17-7-5-10)19(2)13(20)18-12-8-21-9-14(12,15)16/h4-7,11-12H,3,8-9H2,1-2H3,(H,18,20). The van der Waals surface area contributed by atoms with Gasteiger partial charge >= 0.3 is 6.03 Å². The van der Waals surface area contributed by atoms with Gasteiger partial charge in [0.15, 0.2) is 0 Å². The molecule has 1 aliphatic rings. The van der Waals surface area contributed by atoms with Crippen LogP contribution >= 0.6 is 0 Å². The van der Waals surface area contributed by atoms with Crippen molar-refractivity contribution in [2.75, 3.05) is 20.3 Å². The minimum absolute atomic E-state index is 0.168. The van der Waals surface area contributed by atoms with Crippen LogP contribution in [-0.2, 0) is 4.74 Å². The quantitative estimate of drug-likeness (QED) is 0.927. The fourth-order valence-electron chi connectivity index (χ4n) is 2.39. The summed E-state index contributed by atoms with van der Waals surface area (Å²) in [4.78, 5) is 17.5. The molecule has 1 saturated heterocycles. The van der Waals surface area contributed by atoms with Crippen LogP contribution < -0.4 is 5.32 Å². The Morgan fingerprint density at radius 3 is 2.76 bits per heavy atom. The van der Waals surface area contributed by atoms with E-state index in [2.05, 4.69) is 10.3 Å². The molecule has 1 N–H and O–H groups in total. The second-order valence-electron chi connectivity index (χ2n) is 5.09. The van der Waals surface area contributed by atoms with E-state index in [0.29, 0.717) is 6.42 Å². The Hall–Kier alpha value is -1.76. The topological polar surface area (TPSA) is 54.5 Å². The highest BCUT2D eigenvalue weighted by atomic mass is 19.3. The normalized spacial score (nSPS) is 21.8. The summed E-state index contributed by atoms with van der Waals surface area (Å²) in [5, 5.41) is 2.35. The van der Waals surface area contributed by atoms with Crippen molar-refractivity contribution in [2.45, 2.75) is 31.4 Å². The highest BCUT2D eigenvalue weighted by Gasteiger charge is 2.46. The average molecular weight is 299 g/mol. The maximum absolute atomic E-state index is 13.5. The van der Waals surface area contributed by atoms with Crippen LogP contribution in [0.4, 0.5) is 13.6 Å². The van der Waals surface area contributed by atoms with Crippen LogP contribution in [0.15, 0.2) is 24.5 Å². The Morgan fingerprint density at radius 1 is 1.57 bits per heavy atom. The van der Waals surface area contributed by atoms with Crippen molar-refractivity contribution in [3.8, 4) is 0 Å². The Labute approximate surface area is 122 Å². The van der Waals surface area contributed by atoms with Gasteiger partial charge in [-0.1, -0.05) is 6.92 Å². The predicted molar refractivity (Wildman–Crippen MR) is 73.1 cm³/mol. The van der Waals surface area contributed by atoms with Gasteiger partial charge in [-0.15, -0.1) is 0 Å². The Morgan fingerprint density at radius 2 is 2.24 bits per heavy atom. The minimum Gasteiger partial charge on any atom is -0.373 e. The van der Waals surface area contributed by atoms with Crippen molar-refractivity contribution >= 4 is 6.03 Å². The molecule has 2 amide bonds. The van der Waals surface area contributed by atoms with E-state index in [1.807, 2.05) is 19.1 Å². The van der Waals surface area contributed by atoms with E-state index in [9.17, 15) is 13.6 Å². The fourth-order valence-corrected chi connectivity index (χ4v) is 2.39. The molecule has 1 aromatic rings. The van der Waals surface area contributed by atoms with Crippen molar-refractivity contribution in [3.05, 3.63) is 30.1 Å². The van der Waals surface area contributed by atoms with Gasteiger partial charge in [0.25, 0.3) is 5.92 Å². The number of aromatic nitrogens is 1. The number of nitrogens with zero attached hydrogens (tertiary/aromatic N) is 2. The van der Waals surface area contributed by atoms with Crippen LogP contribution in [0.2, 0.25) is 0 Å². The number of pyridine rings is 1. The number of nitrogens with one attached hydrogen (secondary N) is 1. The summed E-state index contributed by atoms with van der Waals surface area (Å²) < 4.78 is 31.7. The maximum Gasteiger partial charge on any atom is 0.318 e. The SMILES string of the molecule is CCC(c1ccncc1)N(C)C(=O)NC1COCC1(F)F. The van der Waals surface area contributed by atoms with E-state index >= 15 is 0 Å². The van der Waals surface area contributed by atoms with Gasteiger partial charge in [0, 0.05) is 19.4 Å². The summed E-state index contributed by atoms with van der Waals surface area (Å²) in [6.45, 7) is 1.12. The Balaban J connectivity index is 2.04. The molecule has 0 bridgehead atoms. The number of urea groups is 1. The summed E-state index contributed by atoms with van der Waals surface area (Å²) >= 11 is 0. The van der Waals surface area contributed by atoms with Crippen molar-refractivity contribution in [1.82, 2.24) is 15.2 Å². The van der Waals surface area contributed by atoms with Gasteiger partial charge in [0.1, 0.15) is 12.6 Å². The molecular formula is C14H19F2N3O2. The lowest BCUT2D eigenvalue weighted by Gasteiger charge is -2.29. The number of hydrogen-bond acceptors (Lipinski definition) is 3. The smallest absolute Gasteiger partial charge is 0.318 e. The van der Waals surface area contributed by atoms with Gasteiger partial charge in [0.2, 0.25) is 0 Å². The van der Waals surface area contributed by atoms with E-state index < -0.39 is 24.6 Å². The third-order valence-corrected chi connectivity index (χ3v) is 3.65. The van der Waals surface area contributed by atoms with E-state index in [0.717, 1.165) is 5.56 Å². The highest BCUT2D eigenvalue weighted by molar-refractivity contribution is 5.75. The molecule has 2 unspecified atom stereocenters.